The molecule has 2 amide bonds. The summed E-state index contributed by atoms with van der Waals surface area (Å²) in [6.45, 7) is 2.79. The minimum Gasteiger partial charge on any atom is -0.326 e. The van der Waals surface area contributed by atoms with Gasteiger partial charge in [0.15, 0.2) is 0 Å². The van der Waals surface area contributed by atoms with Crippen LogP contribution in [0.4, 0.5) is 11.4 Å². The van der Waals surface area contributed by atoms with Crippen LogP contribution in [-0.2, 0) is 9.59 Å². The van der Waals surface area contributed by atoms with E-state index in [1.807, 2.05) is 66.4 Å². The molecule has 1 unspecified atom stereocenters. The molecule has 0 aromatic heterocycles. The van der Waals surface area contributed by atoms with Crippen LogP contribution < -0.4 is 10.2 Å². The van der Waals surface area contributed by atoms with Crippen molar-refractivity contribution in [3.05, 3.63) is 60.2 Å². The molecule has 0 bridgehead atoms. The molecule has 25 heavy (non-hydrogen) atoms. The van der Waals surface area contributed by atoms with Crippen molar-refractivity contribution in [1.82, 2.24) is 0 Å². The van der Waals surface area contributed by atoms with Crippen molar-refractivity contribution in [2.45, 2.75) is 38.5 Å². The molecule has 0 saturated carbocycles. The lowest BCUT2D eigenvalue weighted by molar-refractivity contribution is -0.119. The molecule has 1 saturated heterocycles. The van der Waals surface area contributed by atoms with E-state index in [1.165, 1.54) is 0 Å². The lowest BCUT2D eigenvalue weighted by Gasteiger charge is -2.27. The van der Waals surface area contributed by atoms with Crippen LogP contribution in [0.1, 0.15) is 44.1 Å². The minimum absolute atomic E-state index is 0.00417. The summed E-state index contributed by atoms with van der Waals surface area (Å²) in [6, 6.07) is 17.4. The molecule has 4 nitrogen and oxygen atoms in total. The number of benzene rings is 2. The van der Waals surface area contributed by atoms with Crippen LogP contribution in [0.3, 0.4) is 0 Å². The maximum absolute atomic E-state index is 12.6. The van der Waals surface area contributed by atoms with E-state index in [-0.39, 0.29) is 17.7 Å². The zero-order chi connectivity index (χ0) is 17.6. The van der Waals surface area contributed by atoms with Gasteiger partial charge in [-0.1, -0.05) is 37.3 Å². The van der Waals surface area contributed by atoms with Gasteiger partial charge in [-0.3, -0.25) is 9.59 Å². The summed E-state index contributed by atoms with van der Waals surface area (Å²) < 4.78 is 0. The predicted molar refractivity (Wildman–Crippen MR) is 101 cm³/mol. The van der Waals surface area contributed by atoms with Gasteiger partial charge in [-0.25, -0.2) is 0 Å². The van der Waals surface area contributed by atoms with Gasteiger partial charge in [0.1, 0.15) is 0 Å². The summed E-state index contributed by atoms with van der Waals surface area (Å²) in [5.41, 5.74) is 2.68. The van der Waals surface area contributed by atoms with Crippen LogP contribution in [0.5, 0.6) is 0 Å². The first-order valence-corrected chi connectivity index (χ1v) is 8.95. The third kappa shape index (κ3) is 4.08. The van der Waals surface area contributed by atoms with E-state index in [0.29, 0.717) is 6.42 Å². The van der Waals surface area contributed by atoms with E-state index in [4.69, 9.17) is 0 Å². The number of rotatable bonds is 5. The van der Waals surface area contributed by atoms with Gasteiger partial charge in [-0.15, -0.1) is 0 Å². The Kier molecular flexibility index (Phi) is 5.49. The van der Waals surface area contributed by atoms with Crippen molar-refractivity contribution in [3.63, 3.8) is 0 Å². The molecular formula is C21H24N2O2. The molecule has 1 aliphatic rings. The fourth-order valence-electron chi connectivity index (χ4n) is 3.29. The van der Waals surface area contributed by atoms with Crippen LogP contribution in [0.15, 0.2) is 54.6 Å². The van der Waals surface area contributed by atoms with Crippen molar-refractivity contribution in [2.75, 3.05) is 16.8 Å². The number of nitrogens with zero attached hydrogens (tertiary/aromatic N) is 1. The average Bonchev–Trinajstić information content (AvgIpc) is 2.64. The highest BCUT2D eigenvalue weighted by molar-refractivity contribution is 5.97. The van der Waals surface area contributed by atoms with Crippen molar-refractivity contribution >= 4 is 23.2 Å². The number of carbonyl (C=O) groups is 2. The smallest absolute Gasteiger partial charge is 0.231 e. The maximum Gasteiger partial charge on any atom is 0.231 e. The molecule has 130 valence electrons. The van der Waals surface area contributed by atoms with Gasteiger partial charge in [0.25, 0.3) is 0 Å². The topological polar surface area (TPSA) is 49.4 Å². The normalized spacial score (nSPS) is 15.7. The highest BCUT2D eigenvalue weighted by atomic mass is 16.2. The predicted octanol–water partition coefficient (Wildman–Crippen LogP) is 4.34. The van der Waals surface area contributed by atoms with Crippen molar-refractivity contribution in [3.8, 4) is 0 Å². The standard InChI is InChI=1S/C21H24N2O2/c1-2-19(16-8-4-3-5-9-16)21(25)22-17-11-13-18(14-12-17)23-15-7-6-10-20(23)24/h3-5,8-9,11-14,19H,2,6-7,10,15H2,1H3,(H,22,25). The first kappa shape index (κ1) is 17.2. The maximum atomic E-state index is 12.6. The second kappa shape index (κ2) is 7.97. The van der Waals surface area contributed by atoms with Gasteiger partial charge >= 0.3 is 0 Å². The Balaban J connectivity index is 1.68. The fraction of sp³-hybridized carbons (Fsp3) is 0.333. The van der Waals surface area contributed by atoms with Gasteiger partial charge in [-0.2, -0.15) is 0 Å². The number of nitrogens with one attached hydrogen (secondary N) is 1. The van der Waals surface area contributed by atoms with Crippen molar-refractivity contribution in [2.24, 2.45) is 0 Å². The first-order chi connectivity index (χ1) is 12.2. The van der Waals surface area contributed by atoms with Crippen LogP contribution in [0.2, 0.25) is 0 Å². The second-order valence-electron chi connectivity index (χ2n) is 6.41. The lowest BCUT2D eigenvalue weighted by atomic mass is 9.95. The van der Waals surface area contributed by atoms with Crippen LogP contribution in [-0.4, -0.2) is 18.4 Å². The molecule has 1 atom stereocenters. The summed E-state index contributed by atoms with van der Waals surface area (Å²) in [5.74, 6) is 0.0122. The quantitative estimate of drug-likeness (QED) is 0.883. The molecule has 4 heteroatoms. The third-order valence-electron chi connectivity index (χ3n) is 4.70. The van der Waals surface area contributed by atoms with Crippen molar-refractivity contribution < 1.29 is 9.59 Å². The summed E-state index contributed by atoms with van der Waals surface area (Å²) in [5, 5.41) is 2.99. The molecule has 1 N–H and O–H groups in total. The molecule has 1 fully saturated rings. The number of piperidine rings is 1. The second-order valence-corrected chi connectivity index (χ2v) is 6.41. The summed E-state index contributed by atoms with van der Waals surface area (Å²) >= 11 is 0. The molecule has 0 spiro atoms. The van der Waals surface area contributed by atoms with E-state index in [2.05, 4.69) is 5.32 Å². The van der Waals surface area contributed by atoms with Crippen LogP contribution in [0, 0.1) is 0 Å². The van der Waals surface area contributed by atoms with Gasteiger partial charge in [0.05, 0.1) is 5.92 Å². The average molecular weight is 336 g/mol. The summed E-state index contributed by atoms with van der Waals surface area (Å²) in [4.78, 5) is 26.4. The molecular weight excluding hydrogens is 312 g/mol. The van der Waals surface area contributed by atoms with Crippen LogP contribution in [0.25, 0.3) is 0 Å². The number of hydrogen-bond donors (Lipinski definition) is 1. The van der Waals surface area contributed by atoms with E-state index in [1.54, 1.807) is 0 Å². The van der Waals surface area contributed by atoms with Gasteiger partial charge in [-0.05, 0) is 49.1 Å². The first-order valence-electron chi connectivity index (χ1n) is 8.95. The number of amides is 2. The third-order valence-corrected chi connectivity index (χ3v) is 4.70. The molecule has 2 aromatic carbocycles. The number of anilines is 2. The Hall–Kier alpha value is -2.62. The largest absolute Gasteiger partial charge is 0.326 e. The molecule has 0 aliphatic carbocycles. The Morgan fingerprint density at radius 3 is 2.44 bits per heavy atom. The number of carbonyl (C=O) groups excluding carboxylic acids is 2. The van der Waals surface area contributed by atoms with E-state index >= 15 is 0 Å². The molecule has 1 heterocycles. The van der Waals surface area contributed by atoms with E-state index < -0.39 is 0 Å². The lowest BCUT2D eigenvalue weighted by Crippen LogP contribution is -2.35. The molecule has 2 aromatic rings. The highest BCUT2D eigenvalue weighted by Crippen LogP contribution is 2.25. The summed E-state index contributed by atoms with van der Waals surface area (Å²) in [7, 11) is 0. The Morgan fingerprint density at radius 2 is 1.80 bits per heavy atom. The SMILES string of the molecule is CCC(C(=O)Nc1ccc(N2CCCCC2=O)cc1)c1ccccc1. The monoisotopic (exact) mass is 336 g/mol. The highest BCUT2D eigenvalue weighted by Gasteiger charge is 2.20. The van der Waals surface area contributed by atoms with Gasteiger partial charge in [0.2, 0.25) is 11.8 Å². The Labute approximate surface area is 148 Å². The van der Waals surface area contributed by atoms with Crippen LogP contribution >= 0.6 is 0 Å². The van der Waals surface area contributed by atoms with E-state index in [9.17, 15) is 9.59 Å². The molecule has 1 aliphatic heterocycles. The zero-order valence-corrected chi connectivity index (χ0v) is 14.6. The Bertz CT molecular complexity index is 725. The van der Waals surface area contributed by atoms with Gasteiger partial charge in [0, 0.05) is 24.3 Å². The molecule has 0 radical (unpaired) electrons. The number of hydrogen-bond acceptors (Lipinski definition) is 2. The minimum atomic E-state index is -0.162. The zero-order valence-electron chi connectivity index (χ0n) is 14.6. The molecule has 3 rings (SSSR count). The van der Waals surface area contributed by atoms with E-state index in [0.717, 1.165) is 42.7 Å². The fourth-order valence-corrected chi connectivity index (χ4v) is 3.29. The summed E-state index contributed by atoms with van der Waals surface area (Å²) in [6.07, 6.45) is 3.38. The Morgan fingerprint density at radius 1 is 1.08 bits per heavy atom. The van der Waals surface area contributed by atoms with Crippen molar-refractivity contribution in [1.29, 1.82) is 0 Å². The van der Waals surface area contributed by atoms with Gasteiger partial charge < -0.3 is 10.2 Å².